The molecule has 1 aromatic carbocycles. The zero-order chi connectivity index (χ0) is 18.8. The third-order valence-corrected chi connectivity index (χ3v) is 3.36. The first kappa shape index (κ1) is 19.0. The van der Waals surface area contributed by atoms with Gasteiger partial charge in [0.25, 0.3) is 5.91 Å². The average molecular weight is 355 g/mol. The van der Waals surface area contributed by atoms with Crippen LogP contribution in [0.25, 0.3) is 6.08 Å². The van der Waals surface area contributed by atoms with Gasteiger partial charge in [0.1, 0.15) is 5.76 Å². The zero-order valence-corrected chi connectivity index (χ0v) is 14.5. The topological polar surface area (TPSA) is 100 Å². The van der Waals surface area contributed by atoms with Gasteiger partial charge in [0.05, 0.1) is 6.26 Å². The van der Waals surface area contributed by atoms with Gasteiger partial charge in [0, 0.05) is 36.8 Å². The van der Waals surface area contributed by atoms with Crippen LogP contribution in [0.3, 0.4) is 0 Å². The molecule has 0 unspecified atom stereocenters. The highest BCUT2D eigenvalue weighted by molar-refractivity contribution is 5.96. The van der Waals surface area contributed by atoms with E-state index in [0.29, 0.717) is 23.6 Å². The Morgan fingerprint density at radius 1 is 1.08 bits per heavy atom. The van der Waals surface area contributed by atoms with Gasteiger partial charge in [-0.25, -0.2) is 0 Å². The SMILES string of the molecule is CCNC(=O)c1ccc(NC(=O)CCNC(=O)C=Cc2ccco2)cc1. The number of hydrogen-bond acceptors (Lipinski definition) is 4. The molecule has 0 radical (unpaired) electrons. The molecule has 0 bridgehead atoms. The molecule has 136 valence electrons. The summed E-state index contributed by atoms with van der Waals surface area (Å²) < 4.78 is 5.07. The molecular weight excluding hydrogens is 334 g/mol. The van der Waals surface area contributed by atoms with Gasteiger partial charge >= 0.3 is 0 Å². The molecular formula is C19H21N3O4. The quantitative estimate of drug-likeness (QED) is 0.632. The Morgan fingerprint density at radius 2 is 1.85 bits per heavy atom. The Labute approximate surface area is 151 Å². The molecule has 7 nitrogen and oxygen atoms in total. The van der Waals surface area contributed by atoms with Crippen LogP contribution in [-0.4, -0.2) is 30.8 Å². The normalized spacial score (nSPS) is 10.5. The van der Waals surface area contributed by atoms with Crippen LogP contribution in [0.15, 0.2) is 53.2 Å². The van der Waals surface area contributed by atoms with Gasteiger partial charge in [-0.1, -0.05) is 0 Å². The van der Waals surface area contributed by atoms with Gasteiger partial charge in [0.15, 0.2) is 0 Å². The predicted molar refractivity (Wildman–Crippen MR) is 98.4 cm³/mol. The Bertz CT molecular complexity index is 765. The van der Waals surface area contributed by atoms with E-state index < -0.39 is 0 Å². The van der Waals surface area contributed by atoms with Crippen LogP contribution >= 0.6 is 0 Å². The highest BCUT2D eigenvalue weighted by atomic mass is 16.3. The minimum atomic E-state index is -0.305. The summed E-state index contributed by atoms with van der Waals surface area (Å²) in [6.07, 6.45) is 4.55. The molecule has 3 amide bonds. The minimum Gasteiger partial charge on any atom is -0.465 e. The fraction of sp³-hybridized carbons (Fsp3) is 0.211. The zero-order valence-electron chi connectivity index (χ0n) is 14.5. The Hall–Kier alpha value is -3.35. The highest BCUT2D eigenvalue weighted by Crippen LogP contribution is 2.10. The van der Waals surface area contributed by atoms with Crippen molar-refractivity contribution in [1.82, 2.24) is 10.6 Å². The number of benzene rings is 1. The molecule has 0 spiro atoms. The first-order chi connectivity index (χ1) is 12.6. The maximum absolute atomic E-state index is 11.9. The molecule has 0 aliphatic rings. The monoisotopic (exact) mass is 355 g/mol. The molecule has 3 N–H and O–H groups in total. The van der Waals surface area contributed by atoms with E-state index >= 15 is 0 Å². The predicted octanol–water partition coefficient (Wildman–Crippen LogP) is 2.19. The second-order valence-electron chi connectivity index (χ2n) is 5.37. The fourth-order valence-corrected chi connectivity index (χ4v) is 2.09. The van der Waals surface area contributed by atoms with Crippen molar-refractivity contribution in [3.8, 4) is 0 Å². The summed E-state index contributed by atoms with van der Waals surface area (Å²) in [6, 6.07) is 10.1. The molecule has 26 heavy (non-hydrogen) atoms. The van der Waals surface area contributed by atoms with Crippen molar-refractivity contribution in [2.45, 2.75) is 13.3 Å². The van der Waals surface area contributed by atoms with Gasteiger partial charge in [-0.2, -0.15) is 0 Å². The van der Waals surface area contributed by atoms with E-state index in [2.05, 4.69) is 16.0 Å². The van der Waals surface area contributed by atoms with Gasteiger partial charge in [-0.15, -0.1) is 0 Å². The number of furan rings is 1. The van der Waals surface area contributed by atoms with E-state index in [-0.39, 0.29) is 30.7 Å². The maximum Gasteiger partial charge on any atom is 0.251 e. The van der Waals surface area contributed by atoms with Crippen molar-refractivity contribution in [2.24, 2.45) is 0 Å². The van der Waals surface area contributed by atoms with Gasteiger partial charge < -0.3 is 20.4 Å². The first-order valence-electron chi connectivity index (χ1n) is 8.26. The lowest BCUT2D eigenvalue weighted by molar-refractivity contribution is -0.117. The number of nitrogens with one attached hydrogen (secondary N) is 3. The summed E-state index contributed by atoms with van der Waals surface area (Å²) in [6.45, 7) is 2.61. The summed E-state index contributed by atoms with van der Waals surface area (Å²) in [5.41, 5.74) is 1.12. The third kappa shape index (κ3) is 6.27. The van der Waals surface area contributed by atoms with Crippen LogP contribution < -0.4 is 16.0 Å². The van der Waals surface area contributed by atoms with E-state index in [4.69, 9.17) is 4.42 Å². The number of rotatable bonds is 8. The van der Waals surface area contributed by atoms with Crippen molar-refractivity contribution in [1.29, 1.82) is 0 Å². The third-order valence-electron chi connectivity index (χ3n) is 3.36. The molecule has 2 aromatic rings. The first-order valence-corrected chi connectivity index (χ1v) is 8.26. The number of anilines is 1. The molecule has 0 aliphatic heterocycles. The van der Waals surface area contributed by atoms with Crippen LogP contribution in [0.1, 0.15) is 29.5 Å². The maximum atomic E-state index is 11.9. The van der Waals surface area contributed by atoms with Crippen molar-refractivity contribution in [3.05, 3.63) is 60.1 Å². The Balaban J connectivity index is 1.71. The van der Waals surface area contributed by atoms with Crippen LogP contribution in [-0.2, 0) is 9.59 Å². The number of carbonyl (C=O) groups excluding carboxylic acids is 3. The summed E-state index contributed by atoms with van der Waals surface area (Å²) in [4.78, 5) is 35.2. The molecule has 0 fully saturated rings. The fourth-order valence-electron chi connectivity index (χ4n) is 2.09. The molecule has 1 aromatic heterocycles. The lowest BCUT2D eigenvalue weighted by atomic mass is 10.2. The van der Waals surface area contributed by atoms with E-state index in [1.807, 2.05) is 6.92 Å². The van der Waals surface area contributed by atoms with Gasteiger partial charge in [-0.3, -0.25) is 14.4 Å². The molecule has 0 saturated heterocycles. The largest absolute Gasteiger partial charge is 0.465 e. The van der Waals surface area contributed by atoms with Crippen LogP contribution in [0.4, 0.5) is 5.69 Å². The smallest absolute Gasteiger partial charge is 0.251 e. The second-order valence-corrected chi connectivity index (χ2v) is 5.37. The van der Waals surface area contributed by atoms with E-state index in [1.54, 1.807) is 42.5 Å². The van der Waals surface area contributed by atoms with Gasteiger partial charge in [-0.05, 0) is 49.4 Å². The highest BCUT2D eigenvalue weighted by Gasteiger charge is 2.06. The standard InChI is InChI=1S/C19H21N3O4/c1-2-20-19(25)14-5-7-15(8-6-14)22-18(24)11-12-21-17(23)10-9-16-4-3-13-26-16/h3-10,13H,2,11-12H2,1H3,(H,20,25)(H,21,23)(H,22,24). The lowest BCUT2D eigenvalue weighted by Crippen LogP contribution is -2.26. The molecule has 0 atom stereocenters. The van der Waals surface area contributed by atoms with Crippen molar-refractivity contribution in [3.63, 3.8) is 0 Å². The van der Waals surface area contributed by atoms with E-state index in [0.717, 1.165) is 0 Å². The van der Waals surface area contributed by atoms with Crippen LogP contribution in [0.2, 0.25) is 0 Å². The second kappa shape index (κ2) is 9.83. The van der Waals surface area contributed by atoms with Crippen molar-refractivity contribution < 1.29 is 18.8 Å². The molecule has 7 heteroatoms. The summed E-state index contributed by atoms with van der Waals surface area (Å²) >= 11 is 0. The van der Waals surface area contributed by atoms with Crippen LogP contribution in [0, 0.1) is 0 Å². The molecule has 2 rings (SSSR count). The van der Waals surface area contributed by atoms with E-state index in [1.165, 1.54) is 12.3 Å². The Morgan fingerprint density at radius 3 is 2.50 bits per heavy atom. The number of amides is 3. The molecule has 1 heterocycles. The molecule has 0 aliphatic carbocycles. The summed E-state index contributed by atoms with van der Waals surface area (Å²) in [7, 11) is 0. The average Bonchev–Trinajstić information content (AvgIpc) is 3.14. The van der Waals surface area contributed by atoms with Crippen molar-refractivity contribution in [2.75, 3.05) is 18.4 Å². The Kier molecular flexibility index (Phi) is 7.17. The summed E-state index contributed by atoms with van der Waals surface area (Å²) in [5, 5.41) is 8.03. The number of hydrogen-bond donors (Lipinski definition) is 3. The van der Waals surface area contributed by atoms with Crippen LogP contribution in [0.5, 0.6) is 0 Å². The van der Waals surface area contributed by atoms with E-state index in [9.17, 15) is 14.4 Å². The van der Waals surface area contributed by atoms with Crippen molar-refractivity contribution >= 4 is 29.5 Å². The number of carbonyl (C=O) groups is 3. The van der Waals surface area contributed by atoms with Gasteiger partial charge in [0.2, 0.25) is 11.8 Å². The summed E-state index contributed by atoms with van der Waals surface area (Å²) in [5.74, 6) is -0.115. The molecule has 0 saturated carbocycles. The minimum absolute atomic E-state index is 0.137. The lowest BCUT2D eigenvalue weighted by Gasteiger charge is -2.07.